The van der Waals surface area contributed by atoms with Crippen LogP contribution in [-0.2, 0) is 16.1 Å². The molecule has 2 aromatic rings. The Bertz CT molecular complexity index is 809. The number of rotatable bonds is 5. The summed E-state index contributed by atoms with van der Waals surface area (Å²) in [5, 5.41) is 9.52. The number of hydrogen-bond acceptors (Lipinski definition) is 3. The van der Waals surface area contributed by atoms with Crippen molar-refractivity contribution in [3.63, 3.8) is 0 Å². The van der Waals surface area contributed by atoms with Crippen molar-refractivity contribution in [2.75, 3.05) is 12.3 Å². The molecule has 0 aromatic heterocycles. The number of nitrogens with zero attached hydrogens (tertiary/aromatic N) is 1. The van der Waals surface area contributed by atoms with Gasteiger partial charge in [-0.2, -0.15) is 0 Å². The number of fused-ring (bicyclic) bond motifs is 1. The first-order chi connectivity index (χ1) is 12.5. The predicted molar refractivity (Wildman–Crippen MR) is 98.5 cm³/mol. The normalized spacial score (nSPS) is 17.5. The number of aliphatic carboxylic acids is 1. The van der Waals surface area contributed by atoms with Gasteiger partial charge in [-0.05, 0) is 35.4 Å². The molecule has 0 spiro atoms. The predicted octanol–water partition coefficient (Wildman–Crippen LogP) is 3.76. The molecule has 0 saturated heterocycles. The van der Waals surface area contributed by atoms with Crippen LogP contribution in [0.1, 0.15) is 24.0 Å². The molecule has 0 fully saturated rings. The molecule has 1 aliphatic heterocycles. The Morgan fingerprint density at radius 3 is 2.62 bits per heavy atom. The molecule has 26 heavy (non-hydrogen) atoms. The van der Waals surface area contributed by atoms with E-state index in [1.165, 1.54) is 23.9 Å². The van der Waals surface area contributed by atoms with Crippen molar-refractivity contribution < 1.29 is 19.1 Å². The first-order valence-corrected chi connectivity index (χ1v) is 9.42. The highest BCUT2D eigenvalue weighted by Gasteiger charge is 2.33. The molecular weight excluding hydrogens is 353 g/mol. The molecule has 2 unspecified atom stereocenters. The minimum Gasteiger partial charge on any atom is -0.481 e. The Labute approximate surface area is 156 Å². The van der Waals surface area contributed by atoms with Crippen LogP contribution in [0, 0.1) is 11.7 Å². The van der Waals surface area contributed by atoms with E-state index in [2.05, 4.69) is 0 Å². The fourth-order valence-corrected chi connectivity index (χ4v) is 4.03. The molecular formula is C20H20FNO3S. The molecule has 136 valence electrons. The summed E-state index contributed by atoms with van der Waals surface area (Å²) in [7, 11) is 0. The lowest BCUT2D eigenvalue weighted by Crippen LogP contribution is -2.43. The minimum atomic E-state index is -0.914. The van der Waals surface area contributed by atoms with Crippen molar-refractivity contribution in [3.8, 4) is 0 Å². The maximum atomic E-state index is 13.0. The lowest BCUT2D eigenvalue weighted by atomic mass is 9.89. The van der Waals surface area contributed by atoms with Crippen molar-refractivity contribution in [1.82, 2.24) is 4.90 Å². The van der Waals surface area contributed by atoms with Crippen LogP contribution in [0.2, 0.25) is 0 Å². The van der Waals surface area contributed by atoms with Gasteiger partial charge in [0.05, 0.1) is 5.92 Å². The summed E-state index contributed by atoms with van der Waals surface area (Å²) in [5.41, 5.74) is 1.68. The summed E-state index contributed by atoms with van der Waals surface area (Å²) in [6.07, 6.45) is 0. The third kappa shape index (κ3) is 4.07. The van der Waals surface area contributed by atoms with Gasteiger partial charge in [0.25, 0.3) is 0 Å². The Morgan fingerprint density at radius 1 is 1.23 bits per heavy atom. The SMILES string of the molecule is CC(CSc1ccc(F)cc1)C(=O)N1Cc2ccccc2C(C(=O)O)C1. The Hall–Kier alpha value is -2.34. The van der Waals surface area contributed by atoms with Crippen molar-refractivity contribution in [2.45, 2.75) is 24.3 Å². The number of amides is 1. The van der Waals surface area contributed by atoms with E-state index in [1.54, 1.807) is 17.0 Å². The first-order valence-electron chi connectivity index (χ1n) is 8.43. The molecule has 1 heterocycles. The van der Waals surface area contributed by atoms with Crippen molar-refractivity contribution in [2.24, 2.45) is 5.92 Å². The molecule has 1 amide bonds. The van der Waals surface area contributed by atoms with Gasteiger partial charge < -0.3 is 10.0 Å². The molecule has 1 N–H and O–H groups in total. The van der Waals surface area contributed by atoms with Gasteiger partial charge in [0.2, 0.25) is 5.91 Å². The summed E-state index contributed by atoms with van der Waals surface area (Å²) in [6, 6.07) is 13.6. The zero-order valence-corrected chi connectivity index (χ0v) is 15.2. The lowest BCUT2D eigenvalue weighted by molar-refractivity contribution is -0.142. The van der Waals surface area contributed by atoms with Crippen LogP contribution in [0.15, 0.2) is 53.4 Å². The Balaban J connectivity index is 1.67. The second-order valence-electron chi connectivity index (χ2n) is 6.47. The number of benzene rings is 2. The van der Waals surface area contributed by atoms with E-state index in [0.717, 1.165) is 16.0 Å². The molecule has 2 aromatic carbocycles. The molecule has 6 heteroatoms. The smallest absolute Gasteiger partial charge is 0.312 e. The molecule has 1 aliphatic rings. The minimum absolute atomic E-state index is 0.0552. The molecule has 0 radical (unpaired) electrons. The van der Waals surface area contributed by atoms with E-state index < -0.39 is 11.9 Å². The van der Waals surface area contributed by atoms with Gasteiger partial charge in [-0.15, -0.1) is 11.8 Å². The number of thioether (sulfide) groups is 1. The van der Waals surface area contributed by atoms with E-state index in [0.29, 0.717) is 12.3 Å². The third-order valence-corrected chi connectivity index (χ3v) is 5.81. The van der Waals surface area contributed by atoms with Gasteiger partial charge in [0.15, 0.2) is 0 Å². The Morgan fingerprint density at radius 2 is 1.92 bits per heavy atom. The number of carboxylic acids is 1. The van der Waals surface area contributed by atoms with E-state index >= 15 is 0 Å². The maximum absolute atomic E-state index is 13.0. The summed E-state index contributed by atoms with van der Waals surface area (Å²) in [4.78, 5) is 27.0. The summed E-state index contributed by atoms with van der Waals surface area (Å²) >= 11 is 1.49. The van der Waals surface area contributed by atoms with Crippen LogP contribution >= 0.6 is 11.8 Å². The van der Waals surface area contributed by atoms with Crippen molar-refractivity contribution in [3.05, 3.63) is 65.5 Å². The number of hydrogen-bond donors (Lipinski definition) is 1. The second-order valence-corrected chi connectivity index (χ2v) is 7.57. The third-order valence-electron chi connectivity index (χ3n) is 4.54. The number of carbonyl (C=O) groups excluding carboxylic acids is 1. The van der Waals surface area contributed by atoms with Gasteiger partial charge >= 0.3 is 5.97 Å². The zero-order chi connectivity index (χ0) is 18.7. The number of halogens is 1. The monoisotopic (exact) mass is 373 g/mol. The molecule has 4 nitrogen and oxygen atoms in total. The highest BCUT2D eigenvalue weighted by Crippen LogP contribution is 2.30. The van der Waals surface area contributed by atoms with Crippen LogP contribution in [0.5, 0.6) is 0 Å². The fourth-order valence-electron chi connectivity index (χ4n) is 3.12. The van der Waals surface area contributed by atoms with E-state index in [4.69, 9.17) is 0 Å². The first kappa shape index (κ1) is 18.5. The van der Waals surface area contributed by atoms with E-state index in [-0.39, 0.29) is 24.2 Å². The van der Waals surface area contributed by atoms with Crippen molar-refractivity contribution >= 4 is 23.6 Å². The van der Waals surface area contributed by atoms with Crippen LogP contribution in [0.25, 0.3) is 0 Å². The highest BCUT2D eigenvalue weighted by atomic mass is 32.2. The molecule has 3 rings (SSSR count). The standard InChI is InChI=1S/C20H20FNO3S/c1-13(12-26-16-8-6-15(21)7-9-16)19(23)22-10-14-4-2-3-5-17(14)18(11-22)20(24)25/h2-9,13,18H,10-12H2,1H3,(H,24,25). The zero-order valence-electron chi connectivity index (χ0n) is 14.4. The van der Waals surface area contributed by atoms with E-state index in [1.807, 2.05) is 31.2 Å². The molecule has 0 saturated carbocycles. The quantitative estimate of drug-likeness (QED) is 0.811. The largest absolute Gasteiger partial charge is 0.481 e. The van der Waals surface area contributed by atoms with Crippen LogP contribution < -0.4 is 0 Å². The van der Waals surface area contributed by atoms with Gasteiger partial charge in [-0.25, -0.2) is 4.39 Å². The number of carbonyl (C=O) groups is 2. The number of carboxylic acid groups (broad SMARTS) is 1. The highest BCUT2D eigenvalue weighted by molar-refractivity contribution is 7.99. The van der Waals surface area contributed by atoms with Gasteiger partial charge in [0.1, 0.15) is 5.82 Å². The van der Waals surface area contributed by atoms with Crippen molar-refractivity contribution in [1.29, 1.82) is 0 Å². The topological polar surface area (TPSA) is 57.6 Å². The lowest BCUT2D eigenvalue weighted by Gasteiger charge is -2.34. The fraction of sp³-hybridized carbons (Fsp3) is 0.300. The average Bonchev–Trinajstić information content (AvgIpc) is 2.65. The van der Waals surface area contributed by atoms with Gasteiger partial charge in [0, 0.05) is 29.7 Å². The molecule has 2 atom stereocenters. The summed E-state index contributed by atoms with van der Waals surface area (Å²) < 4.78 is 13.0. The molecule has 0 aliphatic carbocycles. The van der Waals surface area contributed by atoms with Gasteiger partial charge in [-0.1, -0.05) is 31.2 Å². The summed E-state index contributed by atoms with van der Waals surface area (Å²) in [5.74, 6) is -1.65. The van der Waals surface area contributed by atoms with Crippen LogP contribution in [0.3, 0.4) is 0 Å². The van der Waals surface area contributed by atoms with Crippen LogP contribution in [0.4, 0.5) is 4.39 Å². The second kappa shape index (κ2) is 7.91. The summed E-state index contributed by atoms with van der Waals surface area (Å²) in [6.45, 7) is 2.47. The Kier molecular flexibility index (Phi) is 5.61. The van der Waals surface area contributed by atoms with E-state index in [9.17, 15) is 19.1 Å². The van der Waals surface area contributed by atoms with Gasteiger partial charge in [-0.3, -0.25) is 9.59 Å². The molecule has 0 bridgehead atoms. The van der Waals surface area contributed by atoms with Crippen LogP contribution in [-0.4, -0.2) is 34.2 Å². The average molecular weight is 373 g/mol. The maximum Gasteiger partial charge on any atom is 0.312 e.